The molecule has 116 valence electrons. The fraction of sp³-hybridized carbons (Fsp3) is 0.692. The lowest BCUT2D eigenvalue weighted by molar-refractivity contribution is -0.104. The average molecular weight is 319 g/mol. The molecule has 1 heterocycles. The maximum absolute atomic E-state index is 12.9. The average Bonchev–Trinajstić information content (AvgIpc) is 2.36. The van der Waals surface area contributed by atoms with Gasteiger partial charge in [-0.3, -0.25) is 5.41 Å². The Morgan fingerprint density at radius 2 is 2.00 bits per heavy atom. The van der Waals surface area contributed by atoms with Crippen LogP contribution in [0.2, 0.25) is 0 Å². The number of thiocarbonyl (C=S) groups is 1. The van der Waals surface area contributed by atoms with E-state index < -0.39 is 17.7 Å². The third kappa shape index (κ3) is 4.12. The Hall–Kier alpha value is -1.24. The number of isothiocyanates is 1. The van der Waals surface area contributed by atoms with Gasteiger partial charge in [-0.25, -0.2) is 0 Å². The number of halogens is 3. The highest BCUT2D eigenvalue weighted by Gasteiger charge is 2.47. The Bertz CT molecular complexity index is 483. The highest BCUT2D eigenvalue weighted by molar-refractivity contribution is 7.78. The SMILES string of the molecule is N=C(/C=C(\NC1CC2(CCOCC2)C1)C(F)(F)F)N=C=S. The van der Waals surface area contributed by atoms with Gasteiger partial charge in [-0.1, -0.05) is 0 Å². The summed E-state index contributed by atoms with van der Waals surface area (Å²) in [6.45, 7) is 1.37. The van der Waals surface area contributed by atoms with Gasteiger partial charge in [0.2, 0.25) is 0 Å². The second kappa shape index (κ2) is 6.25. The van der Waals surface area contributed by atoms with Crippen LogP contribution < -0.4 is 5.32 Å². The summed E-state index contributed by atoms with van der Waals surface area (Å²) >= 11 is 4.28. The number of nitrogens with one attached hydrogen (secondary N) is 2. The molecule has 4 nitrogen and oxygen atoms in total. The van der Waals surface area contributed by atoms with Crippen LogP contribution in [0.5, 0.6) is 0 Å². The second-order valence-electron chi connectivity index (χ2n) is 5.51. The molecule has 0 aromatic carbocycles. The third-order valence-corrected chi connectivity index (χ3v) is 4.12. The number of hydrogen-bond donors (Lipinski definition) is 2. The van der Waals surface area contributed by atoms with Gasteiger partial charge in [0.1, 0.15) is 5.70 Å². The molecule has 2 rings (SSSR count). The number of allylic oxidation sites excluding steroid dienone is 1. The fourth-order valence-corrected chi connectivity index (χ4v) is 3.04. The van der Waals surface area contributed by atoms with Crippen LogP contribution in [0.1, 0.15) is 25.7 Å². The van der Waals surface area contributed by atoms with Crippen LogP contribution in [0.3, 0.4) is 0 Å². The summed E-state index contributed by atoms with van der Waals surface area (Å²) in [7, 11) is 0. The van der Waals surface area contributed by atoms with E-state index in [0.717, 1.165) is 12.8 Å². The fourth-order valence-electron chi connectivity index (χ4n) is 2.94. The van der Waals surface area contributed by atoms with E-state index >= 15 is 0 Å². The molecule has 1 spiro atoms. The number of nitrogens with zero attached hydrogens (tertiary/aromatic N) is 1. The number of alkyl halides is 3. The van der Waals surface area contributed by atoms with Crippen molar-refractivity contribution in [1.82, 2.24) is 5.32 Å². The van der Waals surface area contributed by atoms with Gasteiger partial charge in [-0.15, -0.1) is 0 Å². The van der Waals surface area contributed by atoms with Crippen molar-refractivity contribution in [2.45, 2.75) is 37.9 Å². The number of amidine groups is 1. The summed E-state index contributed by atoms with van der Waals surface area (Å²) in [5.41, 5.74) is -0.819. The summed E-state index contributed by atoms with van der Waals surface area (Å²) < 4.78 is 44.1. The second-order valence-corrected chi connectivity index (χ2v) is 5.69. The molecule has 1 saturated heterocycles. The Morgan fingerprint density at radius 1 is 1.38 bits per heavy atom. The summed E-state index contributed by atoms with van der Waals surface area (Å²) in [6, 6.07) is -0.222. The van der Waals surface area contributed by atoms with Crippen molar-refractivity contribution in [3.63, 3.8) is 0 Å². The molecule has 1 aliphatic heterocycles. The minimum atomic E-state index is -4.54. The van der Waals surface area contributed by atoms with Crippen LogP contribution in [0.15, 0.2) is 16.8 Å². The van der Waals surface area contributed by atoms with Crippen molar-refractivity contribution in [3.8, 4) is 0 Å². The van der Waals surface area contributed by atoms with E-state index in [4.69, 9.17) is 10.1 Å². The standard InChI is InChI=1S/C13H16F3N3OS/c14-13(15,16)10(5-11(17)18-8-21)19-9-6-12(7-9)1-3-20-4-2-12/h5,9,17,19H,1-4,6-7H2/b10-5-,17-11?. The molecule has 2 N–H and O–H groups in total. The van der Waals surface area contributed by atoms with Crippen LogP contribution in [-0.2, 0) is 4.74 Å². The summed E-state index contributed by atoms with van der Waals surface area (Å²) in [6.07, 6.45) is -0.681. The molecule has 1 aliphatic carbocycles. The summed E-state index contributed by atoms with van der Waals surface area (Å²) in [5, 5.41) is 11.6. The van der Waals surface area contributed by atoms with Crippen LogP contribution in [0.25, 0.3) is 0 Å². The monoisotopic (exact) mass is 319 g/mol. The first kappa shape index (κ1) is 16.1. The van der Waals surface area contributed by atoms with Gasteiger partial charge in [0.05, 0.1) is 5.16 Å². The smallest absolute Gasteiger partial charge is 0.381 e. The van der Waals surface area contributed by atoms with Gasteiger partial charge in [0, 0.05) is 25.3 Å². The Kier molecular flexibility index (Phi) is 4.81. The Morgan fingerprint density at radius 3 is 2.52 bits per heavy atom. The van der Waals surface area contributed by atoms with Crippen LogP contribution in [0.4, 0.5) is 13.2 Å². The molecule has 0 radical (unpaired) electrons. The van der Waals surface area contributed by atoms with E-state index in [1.165, 1.54) is 0 Å². The van der Waals surface area contributed by atoms with Crippen LogP contribution in [-0.4, -0.2) is 36.4 Å². The maximum Gasteiger partial charge on any atom is 0.431 e. The van der Waals surface area contributed by atoms with E-state index in [9.17, 15) is 13.2 Å². The predicted molar refractivity (Wildman–Crippen MR) is 75.5 cm³/mol. The van der Waals surface area contributed by atoms with Crippen molar-refractivity contribution in [2.24, 2.45) is 10.4 Å². The quantitative estimate of drug-likeness (QED) is 0.477. The first-order valence-corrected chi connectivity index (χ1v) is 7.05. The van der Waals surface area contributed by atoms with E-state index in [-0.39, 0.29) is 11.5 Å². The van der Waals surface area contributed by atoms with Crippen LogP contribution >= 0.6 is 12.2 Å². The van der Waals surface area contributed by atoms with Gasteiger partial charge in [0.15, 0.2) is 5.84 Å². The summed E-state index contributed by atoms with van der Waals surface area (Å²) in [4.78, 5) is 3.23. The van der Waals surface area contributed by atoms with E-state index in [1.54, 1.807) is 0 Å². The first-order chi connectivity index (χ1) is 9.85. The molecule has 8 heteroatoms. The molecule has 0 aromatic rings. The topological polar surface area (TPSA) is 57.5 Å². The van der Waals surface area contributed by atoms with Gasteiger partial charge in [0.25, 0.3) is 0 Å². The van der Waals surface area contributed by atoms with Crippen molar-refractivity contribution >= 4 is 23.2 Å². The maximum atomic E-state index is 12.9. The minimum absolute atomic E-state index is 0.132. The summed E-state index contributed by atoms with van der Waals surface area (Å²) in [5.74, 6) is -0.565. The number of aliphatic imine (C=N–C) groups is 1. The van der Waals surface area contributed by atoms with Gasteiger partial charge >= 0.3 is 6.18 Å². The van der Waals surface area contributed by atoms with Crippen molar-refractivity contribution in [1.29, 1.82) is 5.41 Å². The number of ether oxygens (including phenoxy) is 1. The molecule has 0 bridgehead atoms. The van der Waals surface area contributed by atoms with E-state index in [2.05, 4.69) is 22.5 Å². The number of rotatable bonds is 3. The number of hydrogen-bond acceptors (Lipinski definition) is 4. The zero-order valence-corrected chi connectivity index (χ0v) is 12.1. The van der Waals surface area contributed by atoms with E-state index in [0.29, 0.717) is 32.1 Å². The van der Waals surface area contributed by atoms with E-state index in [1.807, 2.05) is 5.16 Å². The normalized spacial score (nSPS) is 22.3. The van der Waals surface area contributed by atoms with Crippen molar-refractivity contribution in [3.05, 3.63) is 11.8 Å². The molecule has 2 aliphatic rings. The highest BCUT2D eigenvalue weighted by Crippen LogP contribution is 2.49. The first-order valence-electron chi connectivity index (χ1n) is 6.64. The molecule has 0 aromatic heterocycles. The predicted octanol–water partition coefficient (Wildman–Crippen LogP) is 3.06. The lowest BCUT2D eigenvalue weighted by Gasteiger charge is -2.50. The molecule has 0 amide bonds. The molecule has 21 heavy (non-hydrogen) atoms. The Balaban J connectivity index is 1.98. The molecule has 2 fully saturated rings. The molecule has 0 atom stereocenters. The highest BCUT2D eigenvalue weighted by atomic mass is 32.1. The van der Waals surface area contributed by atoms with Crippen molar-refractivity contribution < 1.29 is 17.9 Å². The zero-order valence-electron chi connectivity index (χ0n) is 11.3. The third-order valence-electron chi connectivity index (χ3n) is 4.02. The largest absolute Gasteiger partial charge is 0.431 e. The zero-order chi connectivity index (χ0) is 15.5. The van der Waals surface area contributed by atoms with Gasteiger partial charge in [-0.05, 0) is 43.3 Å². The molecule has 0 unspecified atom stereocenters. The minimum Gasteiger partial charge on any atom is -0.381 e. The molecular weight excluding hydrogens is 303 g/mol. The van der Waals surface area contributed by atoms with Gasteiger partial charge in [-0.2, -0.15) is 18.2 Å². The Labute approximate surface area is 126 Å². The molecule has 1 saturated carbocycles. The van der Waals surface area contributed by atoms with Crippen LogP contribution in [0, 0.1) is 10.8 Å². The van der Waals surface area contributed by atoms with Crippen molar-refractivity contribution in [2.75, 3.05) is 13.2 Å². The lowest BCUT2D eigenvalue weighted by atomic mass is 9.61. The lowest BCUT2D eigenvalue weighted by Crippen LogP contribution is -2.52. The molecular formula is C13H16F3N3OS. The van der Waals surface area contributed by atoms with Gasteiger partial charge < -0.3 is 10.1 Å².